The molecule has 0 aliphatic carbocycles. The standard InChI is InChI=1S/C12H16N2O3S/c1-9-4-6-10(7-5-9)18(16,17)14-12(15)11-3-2-8-13-11/h4-7,11,13H,2-3,8H2,1H3,(H,14,15)/t11-/m0/s1. The van der Waals surface area contributed by atoms with Gasteiger partial charge < -0.3 is 5.32 Å². The minimum absolute atomic E-state index is 0.111. The average Bonchev–Trinajstić information content (AvgIpc) is 2.82. The quantitative estimate of drug-likeness (QED) is 0.839. The summed E-state index contributed by atoms with van der Waals surface area (Å²) in [7, 11) is -3.75. The van der Waals surface area contributed by atoms with Crippen LogP contribution in [0.4, 0.5) is 0 Å². The summed E-state index contributed by atoms with van der Waals surface area (Å²) in [6.07, 6.45) is 1.57. The van der Waals surface area contributed by atoms with Gasteiger partial charge in [0.2, 0.25) is 0 Å². The predicted octanol–water partition coefficient (Wildman–Crippen LogP) is 0.552. The average molecular weight is 268 g/mol. The highest BCUT2D eigenvalue weighted by atomic mass is 32.2. The van der Waals surface area contributed by atoms with E-state index in [4.69, 9.17) is 0 Å². The predicted molar refractivity (Wildman–Crippen MR) is 67.5 cm³/mol. The smallest absolute Gasteiger partial charge is 0.264 e. The van der Waals surface area contributed by atoms with E-state index in [1.807, 2.05) is 6.92 Å². The number of benzene rings is 1. The zero-order chi connectivity index (χ0) is 13.2. The highest BCUT2D eigenvalue weighted by molar-refractivity contribution is 7.90. The maximum absolute atomic E-state index is 12.0. The Hall–Kier alpha value is -1.40. The summed E-state index contributed by atoms with van der Waals surface area (Å²) in [5.41, 5.74) is 0.970. The SMILES string of the molecule is Cc1ccc(S(=O)(=O)NC(=O)[C@@H]2CCCN2)cc1. The van der Waals surface area contributed by atoms with E-state index in [2.05, 4.69) is 10.0 Å². The largest absolute Gasteiger partial charge is 0.306 e. The van der Waals surface area contributed by atoms with Gasteiger partial charge in [0.05, 0.1) is 10.9 Å². The van der Waals surface area contributed by atoms with Gasteiger partial charge in [0.25, 0.3) is 15.9 Å². The third-order valence-electron chi connectivity index (χ3n) is 2.94. The fourth-order valence-electron chi connectivity index (χ4n) is 1.89. The summed E-state index contributed by atoms with van der Waals surface area (Å²) in [4.78, 5) is 11.9. The number of hydrogen-bond acceptors (Lipinski definition) is 4. The second kappa shape index (κ2) is 5.07. The highest BCUT2D eigenvalue weighted by Crippen LogP contribution is 2.11. The number of sulfonamides is 1. The van der Waals surface area contributed by atoms with Crippen LogP contribution in [-0.4, -0.2) is 26.9 Å². The number of amides is 1. The molecule has 1 saturated heterocycles. The molecule has 98 valence electrons. The van der Waals surface area contributed by atoms with Crippen molar-refractivity contribution in [1.82, 2.24) is 10.0 Å². The van der Waals surface area contributed by atoms with Crippen molar-refractivity contribution in [3.63, 3.8) is 0 Å². The molecule has 1 heterocycles. The Morgan fingerprint density at radius 1 is 1.33 bits per heavy atom. The van der Waals surface area contributed by atoms with E-state index >= 15 is 0 Å². The van der Waals surface area contributed by atoms with E-state index in [9.17, 15) is 13.2 Å². The Bertz CT molecular complexity index is 531. The molecule has 5 nitrogen and oxygen atoms in total. The van der Waals surface area contributed by atoms with Crippen LogP contribution in [0.5, 0.6) is 0 Å². The van der Waals surface area contributed by atoms with Gasteiger partial charge in [-0.2, -0.15) is 0 Å². The van der Waals surface area contributed by atoms with Gasteiger partial charge in [-0.25, -0.2) is 13.1 Å². The molecule has 0 unspecified atom stereocenters. The van der Waals surface area contributed by atoms with Crippen molar-refractivity contribution in [2.45, 2.75) is 30.7 Å². The van der Waals surface area contributed by atoms with E-state index in [0.29, 0.717) is 6.42 Å². The number of carbonyl (C=O) groups excluding carboxylic acids is 1. The Balaban J connectivity index is 2.11. The van der Waals surface area contributed by atoms with Crippen LogP contribution in [-0.2, 0) is 14.8 Å². The molecule has 18 heavy (non-hydrogen) atoms. The summed E-state index contributed by atoms with van der Waals surface area (Å²) in [6, 6.07) is 5.99. The molecule has 0 saturated carbocycles. The monoisotopic (exact) mass is 268 g/mol. The lowest BCUT2D eigenvalue weighted by molar-refractivity contribution is -0.121. The number of rotatable bonds is 3. The van der Waals surface area contributed by atoms with Crippen molar-refractivity contribution in [3.05, 3.63) is 29.8 Å². The molecule has 1 aliphatic heterocycles. The third-order valence-corrected chi connectivity index (χ3v) is 4.31. The van der Waals surface area contributed by atoms with Crippen molar-refractivity contribution in [1.29, 1.82) is 0 Å². The van der Waals surface area contributed by atoms with Gasteiger partial charge in [0.1, 0.15) is 0 Å². The van der Waals surface area contributed by atoms with Gasteiger partial charge in [0, 0.05) is 0 Å². The minimum atomic E-state index is -3.75. The lowest BCUT2D eigenvalue weighted by Gasteiger charge is -2.11. The molecule has 0 spiro atoms. The summed E-state index contributed by atoms with van der Waals surface area (Å²) in [6.45, 7) is 2.63. The van der Waals surface area contributed by atoms with Gasteiger partial charge in [0.15, 0.2) is 0 Å². The van der Waals surface area contributed by atoms with E-state index in [-0.39, 0.29) is 4.90 Å². The zero-order valence-electron chi connectivity index (χ0n) is 10.1. The van der Waals surface area contributed by atoms with Crippen molar-refractivity contribution >= 4 is 15.9 Å². The maximum atomic E-state index is 12.0. The van der Waals surface area contributed by atoms with Crippen LogP contribution in [0.2, 0.25) is 0 Å². The normalized spacial score (nSPS) is 19.7. The van der Waals surface area contributed by atoms with Crippen LogP contribution >= 0.6 is 0 Å². The van der Waals surface area contributed by atoms with E-state index in [0.717, 1.165) is 18.5 Å². The summed E-state index contributed by atoms with van der Waals surface area (Å²) >= 11 is 0. The summed E-state index contributed by atoms with van der Waals surface area (Å²) in [5, 5.41) is 2.96. The van der Waals surface area contributed by atoms with Crippen molar-refractivity contribution in [3.8, 4) is 0 Å². The van der Waals surface area contributed by atoms with E-state index in [1.54, 1.807) is 12.1 Å². The van der Waals surface area contributed by atoms with Crippen LogP contribution in [0.3, 0.4) is 0 Å². The van der Waals surface area contributed by atoms with Crippen LogP contribution in [0, 0.1) is 6.92 Å². The molecule has 2 N–H and O–H groups in total. The number of carbonyl (C=O) groups is 1. The molecule has 0 radical (unpaired) electrons. The molecular formula is C12H16N2O3S. The molecule has 1 amide bonds. The van der Waals surface area contributed by atoms with Gasteiger partial charge in [-0.15, -0.1) is 0 Å². The molecule has 1 aromatic carbocycles. The van der Waals surface area contributed by atoms with Crippen molar-refractivity contribution < 1.29 is 13.2 Å². The van der Waals surface area contributed by atoms with E-state index in [1.165, 1.54) is 12.1 Å². The number of nitrogens with one attached hydrogen (secondary N) is 2. The molecule has 1 fully saturated rings. The van der Waals surface area contributed by atoms with Crippen LogP contribution in [0.15, 0.2) is 29.2 Å². The molecular weight excluding hydrogens is 252 g/mol. The fourth-order valence-corrected chi connectivity index (χ4v) is 2.91. The fraction of sp³-hybridized carbons (Fsp3) is 0.417. The number of aryl methyl sites for hydroxylation is 1. The van der Waals surface area contributed by atoms with Gasteiger partial charge in [-0.05, 0) is 38.4 Å². The lowest BCUT2D eigenvalue weighted by atomic mass is 10.2. The minimum Gasteiger partial charge on any atom is -0.306 e. The number of hydrogen-bond donors (Lipinski definition) is 2. The van der Waals surface area contributed by atoms with Crippen molar-refractivity contribution in [2.75, 3.05) is 6.54 Å². The topological polar surface area (TPSA) is 75.3 Å². The van der Waals surface area contributed by atoms with Crippen LogP contribution in [0.1, 0.15) is 18.4 Å². The van der Waals surface area contributed by atoms with Crippen LogP contribution in [0.25, 0.3) is 0 Å². The first-order chi connectivity index (χ1) is 8.49. The van der Waals surface area contributed by atoms with Gasteiger partial charge >= 0.3 is 0 Å². The molecule has 1 atom stereocenters. The second-order valence-corrected chi connectivity index (χ2v) is 6.11. The first-order valence-corrected chi connectivity index (χ1v) is 7.34. The Labute approximate surface area is 107 Å². The van der Waals surface area contributed by atoms with Crippen molar-refractivity contribution in [2.24, 2.45) is 0 Å². The Kier molecular flexibility index (Phi) is 3.68. The Morgan fingerprint density at radius 2 is 2.00 bits per heavy atom. The summed E-state index contributed by atoms with van der Waals surface area (Å²) in [5.74, 6) is -0.479. The first-order valence-electron chi connectivity index (χ1n) is 5.86. The molecule has 1 aliphatic rings. The third kappa shape index (κ3) is 2.88. The van der Waals surface area contributed by atoms with Gasteiger partial charge in [-0.3, -0.25) is 4.79 Å². The molecule has 1 aromatic rings. The molecule has 2 rings (SSSR count). The molecule has 0 aromatic heterocycles. The Morgan fingerprint density at radius 3 is 2.56 bits per heavy atom. The van der Waals surface area contributed by atoms with E-state index < -0.39 is 22.0 Å². The first kappa shape index (κ1) is 13.0. The maximum Gasteiger partial charge on any atom is 0.264 e. The lowest BCUT2D eigenvalue weighted by Crippen LogP contribution is -2.43. The summed E-state index contributed by atoms with van der Waals surface area (Å²) < 4.78 is 26.0. The molecule has 6 heteroatoms. The second-order valence-electron chi connectivity index (χ2n) is 4.43. The zero-order valence-corrected chi connectivity index (χ0v) is 11.0. The molecule has 0 bridgehead atoms. The highest BCUT2D eigenvalue weighted by Gasteiger charge is 2.26. The van der Waals surface area contributed by atoms with Crippen LogP contribution < -0.4 is 10.0 Å². The van der Waals surface area contributed by atoms with Gasteiger partial charge in [-0.1, -0.05) is 17.7 Å².